The van der Waals surface area contributed by atoms with Crippen molar-refractivity contribution in [3.8, 4) is 0 Å². The molecule has 1 aromatic rings. The highest BCUT2D eigenvalue weighted by atomic mass is 31.2. The van der Waals surface area contributed by atoms with Crippen molar-refractivity contribution >= 4 is 19.8 Å². The predicted molar refractivity (Wildman–Crippen MR) is 261 cm³/mol. The van der Waals surface area contributed by atoms with Gasteiger partial charge in [0.25, 0.3) is 0 Å². The van der Waals surface area contributed by atoms with E-state index in [4.69, 9.17) is 22.9 Å². The molecule has 0 aliphatic rings. The summed E-state index contributed by atoms with van der Waals surface area (Å²) >= 11 is 0. The van der Waals surface area contributed by atoms with Crippen LogP contribution in [0, 0.1) is 13.8 Å². The van der Waals surface area contributed by atoms with E-state index >= 15 is 0 Å². The molecule has 64 heavy (non-hydrogen) atoms. The number of aryl methyl sites for hydroxylation is 2. The van der Waals surface area contributed by atoms with Crippen LogP contribution in [0.2, 0.25) is 0 Å². The normalized spacial score (nSPS) is 14.6. The van der Waals surface area contributed by atoms with Crippen molar-refractivity contribution in [2.45, 2.75) is 175 Å². The average Bonchev–Trinajstić information content (AvgIpc) is 3.51. The molecule has 0 saturated heterocycles. The summed E-state index contributed by atoms with van der Waals surface area (Å²) in [7, 11) is 1.30. The lowest BCUT2D eigenvalue weighted by atomic mass is 10.0. The van der Waals surface area contributed by atoms with E-state index in [1.165, 1.54) is 43.2 Å². The second-order valence-electron chi connectivity index (χ2n) is 17.5. The summed E-state index contributed by atoms with van der Waals surface area (Å²) in [6.45, 7) is 8.31. The second-order valence-corrected chi connectivity index (χ2v) is 19.0. The summed E-state index contributed by atoms with van der Waals surface area (Å²) in [5.41, 5.74) is 2.64. The molecular formula is C52H87NO10P+. The van der Waals surface area contributed by atoms with Gasteiger partial charge in [-0.15, -0.1) is 0 Å². The number of aliphatic hydroxyl groups excluding tert-OH is 1. The van der Waals surface area contributed by atoms with Gasteiger partial charge < -0.3 is 28.4 Å². The summed E-state index contributed by atoms with van der Waals surface area (Å²) < 4.78 is 40.4. The number of phosphoric ester groups is 1. The van der Waals surface area contributed by atoms with Gasteiger partial charge in [-0.25, -0.2) is 4.57 Å². The molecule has 12 heteroatoms. The lowest BCUT2D eigenvalue weighted by molar-refractivity contribution is -0.870. The number of carbonyl (C=O) groups excluding carboxylic acids is 2. The minimum Gasteiger partial charge on any atom is -0.466 e. The molecule has 1 aromatic heterocycles. The maximum absolute atomic E-state index is 12.8. The summed E-state index contributed by atoms with van der Waals surface area (Å²) in [5.74, 6) is 1.21. The van der Waals surface area contributed by atoms with E-state index in [1.807, 2.05) is 33.3 Å². The van der Waals surface area contributed by atoms with Crippen molar-refractivity contribution in [3.05, 3.63) is 95.6 Å². The second kappa shape index (κ2) is 36.9. The van der Waals surface area contributed by atoms with Crippen molar-refractivity contribution in [2.75, 3.05) is 47.5 Å². The number of nitrogens with zero attached hydrogens (tertiary/aromatic N) is 1. The van der Waals surface area contributed by atoms with Gasteiger partial charge in [-0.1, -0.05) is 138 Å². The van der Waals surface area contributed by atoms with E-state index in [1.54, 1.807) is 12.2 Å². The van der Waals surface area contributed by atoms with Crippen LogP contribution in [-0.4, -0.2) is 86.1 Å². The molecule has 0 aliphatic carbocycles. The third-order valence-corrected chi connectivity index (χ3v) is 11.6. The predicted octanol–water partition coefficient (Wildman–Crippen LogP) is 12.4. The number of carbonyl (C=O) groups is 2. The topological polar surface area (TPSA) is 142 Å². The number of rotatable bonds is 39. The Morgan fingerprint density at radius 1 is 0.672 bits per heavy atom. The van der Waals surface area contributed by atoms with Crippen LogP contribution >= 0.6 is 7.82 Å². The van der Waals surface area contributed by atoms with Gasteiger partial charge in [0.05, 0.1) is 33.9 Å². The van der Waals surface area contributed by atoms with Gasteiger partial charge in [-0.05, 0) is 82.8 Å². The fraction of sp³-hybridized carbons (Fsp3) is 0.654. The molecule has 11 nitrogen and oxygen atoms in total. The van der Waals surface area contributed by atoms with Gasteiger partial charge >= 0.3 is 19.8 Å². The molecule has 0 fully saturated rings. The van der Waals surface area contributed by atoms with E-state index in [-0.39, 0.29) is 32.5 Å². The molecule has 3 atom stereocenters. The van der Waals surface area contributed by atoms with Crippen LogP contribution in [0.3, 0.4) is 0 Å². The molecular weight excluding hydrogens is 830 g/mol. The highest BCUT2D eigenvalue weighted by molar-refractivity contribution is 7.47. The van der Waals surface area contributed by atoms with Gasteiger partial charge in [0.1, 0.15) is 31.3 Å². The number of hydrogen-bond donors (Lipinski definition) is 2. The van der Waals surface area contributed by atoms with Crippen molar-refractivity contribution < 1.29 is 51.6 Å². The lowest BCUT2D eigenvalue weighted by Gasteiger charge is -2.24. The van der Waals surface area contributed by atoms with Crippen molar-refractivity contribution in [2.24, 2.45) is 0 Å². The fourth-order valence-electron chi connectivity index (χ4n) is 6.48. The maximum Gasteiger partial charge on any atom is 0.472 e. The van der Waals surface area contributed by atoms with Crippen LogP contribution in [0.25, 0.3) is 0 Å². The molecule has 364 valence electrons. The quantitative estimate of drug-likeness (QED) is 0.0164. The Kier molecular flexibility index (Phi) is 33.8. The van der Waals surface area contributed by atoms with E-state index in [0.717, 1.165) is 88.6 Å². The molecule has 0 spiro atoms. The summed E-state index contributed by atoms with van der Waals surface area (Å²) in [6.07, 6.45) is 41.1. The van der Waals surface area contributed by atoms with Gasteiger partial charge in [-0.2, -0.15) is 0 Å². The zero-order valence-corrected chi connectivity index (χ0v) is 41.7. The molecule has 2 N–H and O–H groups in total. The standard InChI is InChI=1S/C52H86NO10P/c1-8-10-12-13-14-15-16-17-18-19-20-21-22-25-28-32-35-47(54)39-40-52(56)62-48(44-61-64(57,58)60-42-41-53(5,6)7)43-59-51(55)38-34-30-27-24-23-26-29-33-37-50-46(4)45(3)49(63-50)36-31-11-9-2/h10,12,14-15,17-18,20-21,25,28,32,35,47-48,54H,8-9,11,13,16,19,22-24,26-27,29-31,33-34,36-44H2,1-7H3/p+1/b12-10-,15-14-,18-17-,21-20-,28-25-,35-32-/t47?,48-/m1/s1. The van der Waals surface area contributed by atoms with Crippen LogP contribution in [-0.2, 0) is 45.5 Å². The first kappa shape index (κ1) is 58.7. The number of quaternary nitrogens is 1. The minimum absolute atomic E-state index is 0.0208. The highest BCUT2D eigenvalue weighted by Crippen LogP contribution is 2.43. The molecule has 0 bridgehead atoms. The lowest BCUT2D eigenvalue weighted by Crippen LogP contribution is -2.37. The summed E-state index contributed by atoms with van der Waals surface area (Å²) in [4.78, 5) is 35.6. The largest absolute Gasteiger partial charge is 0.472 e. The number of furan rings is 1. The molecule has 1 rings (SSSR count). The summed E-state index contributed by atoms with van der Waals surface area (Å²) in [6, 6.07) is 0. The smallest absolute Gasteiger partial charge is 0.466 e. The van der Waals surface area contributed by atoms with Crippen LogP contribution in [0.4, 0.5) is 0 Å². The Balaban J connectivity index is 2.43. The van der Waals surface area contributed by atoms with Gasteiger partial charge in [0.15, 0.2) is 6.10 Å². The first-order valence-electron chi connectivity index (χ1n) is 24.1. The number of hydrogen-bond acceptors (Lipinski definition) is 9. The monoisotopic (exact) mass is 917 g/mol. The van der Waals surface area contributed by atoms with Gasteiger partial charge in [-0.3, -0.25) is 18.6 Å². The van der Waals surface area contributed by atoms with E-state index in [9.17, 15) is 24.2 Å². The van der Waals surface area contributed by atoms with E-state index < -0.39 is 38.6 Å². The Labute approximate surface area is 387 Å². The zero-order chi connectivity index (χ0) is 47.3. The fourth-order valence-corrected chi connectivity index (χ4v) is 7.22. The van der Waals surface area contributed by atoms with Crippen LogP contribution < -0.4 is 0 Å². The zero-order valence-electron chi connectivity index (χ0n) is 40.8. The Morgan fingerprint density at radius 2 is 1.20 bits per heavy atom. The molecule has 0 aliphatic heterocycles. The Morgan fingerprint density at radius 3 is 1.77 bits per heavy atom. The van der Waals surface area contributed by atoms with Crippen LogP contribution in [0.1, 0.15) is 158 Å². The third-order valence-electron chi connectivity index (χ3n) is 10.6. The highest BCUT2D eigenvalue weighted by Gasteiger charge is 2.27. The molecule has 0 saturated carbocycles. The molecule has 0 amide bonds. The Bertz CT molecular complexity index is 1620. The van der Waals surface area contributed by atoms with Gasteiger partial charge in [0, 0.05) is 25.7 Å². The maximum atomic E-state index is 12.8. The molecule has 2 unspecified atom stereocenters. The molecule has 0 radical (unpaired) electrons. The SMILES string of the molecule is CC/C=C\C/C=C\C/C=C\C/C=C\C/C=C\C=C/C(O)CCC(=O)O[C@H](COC(=O)CCCCCCCCCCc1oc(CCCCC)c(C)c1C)COP(=O)(O)OCC[N+](C)(C)C. The number of ether oxygens (including phenoxy) is 2. The van der Waals surface area contributed by atoms with Crippen molar-refractivity contribution in [1.82, 2.24) is 0 Å². The number of phosphoric acid groups is 1. The molecule has 1 heterocycles. The number of aliphatic hydroxyl groups is 1. The van der Waals surface area contributed by atoms with E-state index in [0.29, 0.717) is 17.4 Å². The number of unbranched alkanes of at least 4 members (excludes halogenated alkanes) is 9. The Hall–Kier alpha value is -3.31. The first-order valence-corrected chi connectivity index (χ1v) is 25.6. The summed E-state index contributed by atoms with van der Waals surface area (Å²) in [5, 5.41) is 10.4. The minimum atomic E-state index is -4.46. The van der Waals surface area contributed by atoms with Crippen LogP contribution in [0.5, 0.6) is 0 Å². The third kappa shape index (κ3) is 33.2. The van der Waals surface area contributed by atoms with Crippen molar-refractivity contribution in [3.63, 3.8) is 0 Å². The number of allylic oxidation sites excluding steroid dienone is 11. The number of likely N-dealkylation sites (N-methyl/N-ethyl adjacent to an activating group) is 1. The van der Waals surface area contributed by atoms with Gasteiger partial charge in [0.2, 0.25) is 0 Å². The number of esters is 2. The van der Waals surface area contributed by atoms with Crippen molar-refractivity contribution in [1.29, 1.82) is 0 Å². The first-order chi connectivity index (χ1) is 30.7. The van der Waals surface area contributed by atoms with E-state index in [2.05, 4.69) is 76.3 Å². The molecule has 0 aromatic carbocycles. The van der Waals surface area contributed by atoms with Crippen LogP contribution in [0.15, 0.2) is 77.3 Å². The average molecular weight is 917 g/mol.